The van der Waals surface area contributed by atoms with Crippen molar-refractivity contribution in [1.82, 2.24) is 5.32 Å². The quantitative estimate of drug-likeness (QED) is 0.351. The first kappa shape index (κ1) is 20.9. The predicted molar refractivity (Wildman–Crippen MR) is 105 cm³/mol. The van der Waals surface area contributed by atoms with Crippen LogP contribution in [0.3, 0.4) is 0 Å². The van der Waals surface area contributed by atoms with Gasteiger partial charge in [-0.05, 0) is 37.3 Å². The first-order valence-corrected chi connectivity index (χ1v) is 9.19. The van der Waals surface area contributed by atoms with E-state index in [-0.39, 0.29) is 27.8 Å². The number of nitrogens with zero attached hydrogens (tertiary/aromatic N) is 1. The fourth-order valence-electron chi connectivity index (χ4n) is 2.28. The van der Waals surface area contributed by atoms with Gasteiger partial charge in [0.15, 0.2) is 0 Å². The van der Waals surface area contributed by atoms with Crippen molar-refractivity contribution in [2.45, 2.75) is 11.8 Å². The summed E-state index contributed by atoms with van der Waals surface area (Å²) in [5.41, 5.74) is 5.70. The molecule has 0 aliphatic carbocycles. The lowest BCUT2D eigenvalue weighted by atomic mass is 10.2. The van der Waals surface area contributed by atoms with E-state index in [0.717, 1.165) is 17.8 Å². The zero-order valence-electron chi connectivity index (χ0n) is 14.9. The number of benzene rings is 2. The number of nitrogens with two attached hydrogens (primary N) is 1. The second-order valence-electron chi connectivity index (χ2n) is 5.58. The SMILES string of the molecule is CCNC(=O)c1cccc(NC(=O)CSc2ccc(C(N)=O)cc2[N+](=O)[O-])c1. The number of hydrogen-bond donors (Lipinski definition) is 3. The van der Waals surface area contributed by atoms with Gasteiger partial charge >= 0.3 is 0 Å². The lowest BCUT2D eigenvalue weighted by molar-refractivity contribution is -0.387. The summed E-state index contributed by atoms with van der Waals surface area (Å²) in [5.74, 6) is -1.52. The van der Waals surface area contributed by atoms with Crippen molar-refractivity contribution in [3.8, 4) is 0 Å². The second kappa shape index (κ2) is 9.51. The highest BCUT2D eigenvalue weighted by atomic mass is 32.2. The van der Waals surface area contributed by atoms with Gasteiger partial charge in [0, 0.05) is 29.4 Å². The molecule has 3 amide bonds. The van der Waals surface area contributed by atoms with Crippen LogP contribution in [0.2, 0.25) is 0 Å². The van der Waals surface area contributed by atoms with Gasteiger partial charge in [-0.3, -0.25) is 24.5 Å². The van der Waals surface area contributed by atoms with Gasteiger partial charge in [-0.25, -0.2) is 0 Å². The Balaban J connectivity index is 2.05. The van der Waals surface area contributed by atoms with E-state index in [9.17, 15) is 24.5 Å². The standard InChI is InChI=1S/C18H18N4O5S/c1-2-20-18(25)12-4-3-5-13(8-12)21-16(23)10-28-15-7-6-11(17(19)24)9-14(15)22(26)27/h3-9H,2,10H2,1H3,(H2,19,24)(H,20,25)(H,21,23). The van der Waals surface area contributed by atoms with E-state index >= 15 is 0 Å². The summed E-state index contributed by atoms with van der Waals surface area (Å²) in [5, 5.41) is 16.5. The average Bonchev–Trinajstić information content (AvgIpc) is 2.66. The fraction of sp³-hybridized carbons (Fsp3) is 0.167. The molecule has 4 N–H and O–H groups in total. The van der Waals surface area contributed by atoms with Gasteiger partial charge in [0.1, 0.15) is 0 Å². The van der Waals surface area contributed by atoms with Crippen LogP contribution in [-0.2, 0) is 4.79 Å². The summed E-state index contributed by atoms with van der Waals surface area (Å²) >= 11 is 0.957. The van der Waals surface area contributed by atoms with Crippen LogP contribution in [0.5, 0.6) is 0 Å². The third-order valence-electron chi connectivity index (χ3n) is 3.54. The number of amides is 3. The maximum Gasteiger partial charge on any atom is 0.283 e. The van der Waals surface area contributed by atoms with E-state index in [2.05, 4.69) is 10.6 Å². The van der Waals surface area contributed by atoms with Gasteiger partial charge in [-0.15, -0.1) is 11.8 Å². The normalized spacial score (nSPS) is 10.2. The molecule has 0 bridgehead atoms. The van der Waals surface area contributed by atoms with E-state index < -0.39 is 16.7 Å². The molecule has 0 saturated carbocycles. The summed E-state index contributed by atoms with van der Waals surface area (Å²) in [6.07, 6.45) is 0. The molecule has 0 saturated heterocycles. The molecule has 0 spiro atoms. The minimum Gasteiger partial charge on any atom is -0.366 e. The number of carbonyl (C=O) groups excluding carboxylic acids is 3. The van der Waals surface area contributed by atoms with Crippen LogP contribution in [0.15, 0.2) is 47.4 Å². The van der Waals surface area contributed by atoms with Gasteiger partial charge in [0.25, 0.3) is 11.6 Å². The number of nitro benzene ring substituents is 1. The van der Waals surface area contributed by atoms with Crippen molar-refractivity contribution in [3.63, 3.8) is 0 Å². The Morgan fingerprint density at radius 1 is 1.14 bits per heavy atom. The monoisotopic (exact) mass is 402 g/mol. The predicted octanol–water partition coefficient (Wildman–Crippen LogP) is 2.17. The lowest BCUT2D eigenvalue weighted by Gasteiger charge is -2.08. The van der Waals surface area contributed by atoms with Crippen LogP contribution in [0.25, 0.3) is 0 Å². The van der Waals surface area contributed by atoms with Crippen LogP contribution < -0.4 is 16.4 Å². The Hall–Kier alpha value is -3.40. The zero-order valence-corrected chi connectivity index (χ0v) is 15.7. The topological polar surface area (TPSA) is 144 Å². The van der Waals surface area contributed by atoms with Crippen LogP contribution in [-0.4, -0.2) is 34.9 Å². The first-order chi connectivity index (χ1) is 13.3. The van der Waals surface area contributed by atoms with Gasteiger partial charge in [0.2, 0.25) is 11.8 Å². The number of carbonyl (C=O) groups is 3. The number of nitro groups is 1. The summed E-state index contributed by atoms with van der Waals surface area (Å²) in [6.45, 7) is 2.29. The highest BCUT2D eigenvalue weighted by Gasteiger charge is 2.18. The molecule has 0 fully saturated rings. The van der Waals surface area contributed by atoms with E-state index in [1.807, 2.05) is 0 Å². The largest absolute Gasteiger partial charge is 0.366 e. The molecule has 146 valence electrons. The third kappa shape index (κ3) is 5.55. The third-order valence-corrected chi connectivity index (χ3v) is 4.61. The highest BCUT2D eigenvalue weighted by molar-refractivity contribution is 8.00. The molecule has 0 heterocycles. The first-order valence-electron chi connectivity index (χ1n) is 8.21. The van der Waals surface area contributed by atoms with Crippen molar-refractivity contribution < 1.29 is 19.3 Å². The van der Waals surface area contributed by atoms with Gasteiger partial charge in [-0.2, -0.15) is 0 Å². The van der Waals surface area contributed by atoms with Gasteiger partial charge < -0.3 is 16.4 Å². The molecule has 0 aliphatic rings. The number of anilines is 1. The maximum atomic E-state index is 12.2. The smallest absolute Gasteiger partial charge is 0.283 e. The Morgan fingerprint density at radius 3 is 2.54 bits per heavy atom. The Kier molecular flexibility index (Phi) is 7.10. The number of nitrogens with one attached hydrogen (secondary N) is 2. The van der Waals surface area contributed by atoms with Crippen LogP contribution >= 0.6 is 11.8 Å². The Bertz CT molecular complexity index is 932. The van der Waals surface area contributed by atoms with Gasteiger partial charge in [-0.1, -0.05) is 6.07 Å². The maximum absolute atomic E-state index is 12.2. The van der Waals surface area contributed by atoms with Crippen LogP contribution in [0.1, 0.15) is 27.6 Å². The van der Waals surface area contributed by atoms with Crippen molar-refractivity contribution in [1.29, 1.82) is 0 Å². The molecule has 9 nitrogen and oxygen atoms in total. The lowest BCUT2D eigenvalue weighted by Crippen LogP contribution is -2.23. The van der Waals surface area contributed by atoms with Crippen molar-refractivity contribution in [2.24, 2.45) is 5.73 Å². The van der Waals surface area contributed by atoms with Crippen molar-refractivity contribution in [3.05, 3.63) is 63.7 Å². The van der Waals surface area contributed by atoms with Gasteiger partial charge in [0.05, 0.1) is 15.6 Å². The van der Waals surface area contributed by atoms with Crippen molar-refractivity contribution in [2.75, 3.05) is 17.6 Å². The molecule has 0 radical (unpaired) electrons. The second-order valence-corrected chi connectivity index (χ2v) is 6.60. The molecule has 10 heteroatoms. The molecular formula is C18H18N4O5S. The Morgan fingerprint density at radius 2 is 1.89 bits per heavy atom. The minimum absolute atomic E-state index is 0.0164. The van der Waals surface area contributed by atoms with E-state index in [4.69, 9.17) is 5.73 Å². The Labute approximate surface area is 164 Å². The summed E-state index contributed by atoms with van der Waals surface area (Å²) in [7, 11) is 0. The number of rotatable bonds is 8. The zero-order chi connectivity index (χ0) is 20.7. The molecule has 2 aromatic rings. The van der Waals surface area contributed by atoms with E-state index in [1.54, 1.807) is 25.1 Å². The molecule has 28 heavy (non-hydrogen) atoms. The summed E-state index contributed by atoms with van der Waals surface area (Å²) in [4.78, 5) is 46.0. The average molecular weight is 402 g/mol. The molecule has 0 aliphatic heterocycles. The van der Waals surface area contributed by atoms with Crippen LogP contribution in [0.4, 0.5) is 11.4 Å². The molecule has 2 rings (SSSR count). The molecule has 0 aromatic heterocycles. The van der Waals surface area contributed by atoms with Crippen molar-refractivity contribution >= 4 is 40.9 Å². The van der Waals surface area contributed by atoms with Crippen LogP contribution in [0, 0.1) is 10.1 Å². The fourth-order valence-corrected chi connectivity index (χ4v) is 3.08. The molecule has 0 unspecified atom stereocenters. The summed E-state index contributed by atoms with van der Waals surface area (Å²) in [6, 6.07) is 10.3. The number of primary amides is 1. The van der Waals surface area contributed by atoms with E-state index in [1.165, 1.54) is 18.2 Å². The number of hydrogen-bond acceptors (Lipinski definition) is 6. The summed E-state index contributed by atoms with van der Waals surface area (Å²) < 4.78 is 0. The molecule has 2 aromatic carbocycles. The minimum atomic E-state index is -0.774. The van der Waals surface area contributed by atoms with E-state index in [0.29, 0.717) is 17.8 Å². The molecular weight excluding hydrogens is 384 g/mol. The number of thioether (sulfide) groups is 1. The highest BCUT2D eigenvalue weighted by Crippen LogP contribution is 2.30. The molecule has 0 atom stereocenters.